The van der Waals surface area contributed by atoms with Crippen molar-refractivity contribution < 1.29 is 18.0 Å². The van der Waals surface area contributed by atoms with Crippen molar-refractivity contribution in [2.45, 2.75) is 17.4 Å². The first-order chi connectivity index (χ1) is 8.36. The Hall–Kier alpha value is -1.89. The van der Waals surface area contributed by atoms with Gasteiger partial charge in [0.25, 0.3) is 0 Å². The molecule has 0 spiro atoms. The van der Waals surface area contributed by atoms with Gasteiger partial charge in [0.05, 0.1) is 11.3 Å². The zero-order valence-electron chi connectivity index (χ0n) is 9.64. The number of imide groups is 1. The van der Waals surface area contributed by atoms with Crippen LogP contribution in [0.25, 0.3) is 0 Å². The lowest BCUT2D eigenvalue weighted by Crippen LogP contribution is -2.30. The number of anilines is 1. The summed E-state index contributed by atoms with van der Waals surface area (Å²) < 4.78 is 22.8. The van der Waals surface area contributed by atoms with Crippen LogP contribution in [-0.4, -0.2) is 32.5 Å². The van der Waals surface area contributed by atoms with Crippen molar-refractivity contribution in [1.82, 2.24) is 5.32 Å². The van der Waals surface area contributed by atoms with Gasteiger partial charge in [0.15, 0.2) is 9.84 Å². The second kappa shape index (κ2) is 4.41. The lowest BCUT2D eigenvalue weighted by atomic mass is 10.2. The van der Waals surface area contributed by atoms with Gasteiger partial charge >= 0.3 is 0 Å². The third-order valence-electron chi connectivity index (χ3n) is 2.57. The molecule has 1 heterocycles. The Kier molecular flexibility index (Phi) is 3.08. The molecule has 6 nitrogen and oxygen atoms in total. The quantitative estimate of drug-likeness (QED) is 0.748. The van der Waals surface area contributed by atoms with Gasteiger partial charge in [-0.1, -0.05) is 6.07 Å². The Morgan fingerprint density at radius 2 is 2.06 bits per heavy atom. The average molecular weight is 268 g/mol. The van der Waals surface area contributed by atoms with Crippen molar-refractivity contribution in [3.8, 4) is 0 Å². The Balaban J connectivity index is 2.20. The standard InChI is InChI=1S/C11H12N2O4S/c1-18(16,17)8-4-2-3-7(5-8)12-9-6-10(14)13-11(9)15/h2-5,9,12H,6H2,1H3,(H,13,14,15). The highest BCUT2D eigenvalue weighted by Gasteiger charge is 2.30. The molecular weight excluding hydrogens is 256 g/mol. The predicted octanol–water partition coefficient (Wildman–Crippen LogP) is -0.0829. The van der Waals surface area contributed by atoms with Crippen LogP contribution >= 0.6 is 0 Å². The van der Waals surface area contributed by atoms with E-state index in [4.69, 9.17) is 0 Å². The highest BCUT2D eigenvalue weighted by Crippen LogP contribution is 2.17. The molecule has 2 N–H and O–H groups in total. The summed E-state index contributed by atoms with van der Waals surface area (Å²) in [5, 5.41) is 5.01. The normalized spacial score (nSPS) is 19.7. The molecule has 18 heavy (non-hydrogen) atoms. The summed E-state index contributed by atoms with van der Waals surface area (Å²) in [5.74, 6) is -0.735. The minimum absolute atomic E-state index is 0.0575. The monoisotopic (exact) mass is 268 g/mol. The molecule has 1 aliphatic heterocycles. The molecule has 0 saturated carbocycles. The number of carbonyl (C=O) groups excluding carboxylic acids is 2. The topological polar surface area (TPSA) is 92.3 Å². The molecule has 0 bridgehead atoms. The molecule has 1 atom stereocenters. The third-order valence-corrected chi connectivity index (χ3v) is 3.68. The average Bonchev–Trinajstić information content (AvgIpc) is 2.56. The summed E-state index contributed by atoms with van der Waals surface area (Å²) in [6, 6.07) is 5.48. The second-order valence-corrected chi connectivity index (χ2v) is 6.13. The maximum absolute atomic E-state index is 11.4. The smallest absolute Gasteiger partial charge is 0.249 e. The molecule has 1 aliphatic rings. The van der Waals surface area contributed by atoms with Crippen LogP contribution in [0.15, 0.2) is 29.2 Å². The van der Waals surface area contributed by atoms with E-state index in [9.17, 15) is 18.0 Å². The van der Waals surface area contributed by atoms with Crippen LogP contribution in [-0.2, 0) is 19.4 Å². The van der Waals surface area contributed by atoms with E-state index < -0.39 is 21.8 Å². The van der Waals surface area contributed by atoms with Crippen molar-refractivity contribution in [2.24, 2.45) is 0 Å². The second-order valence-electron chi connectivity index (χ2n) is 4.11. The van der Waals surface area contributed by atoms with E-state index in [1.54, 1.807) is 12.1 Å². The van der Waals surface area contributed by atoms with E-state index in [1.807, 2.05) is 0 Å². The molecule has 2 rings (SSSR count). The number of nitrogens with one attached hydrogen (secondary N) is 2. The number of benzene rings is 1. The van der Waals surface area contributed by atoms with Gasteiger partial charge in [-0.2, -0.15) is 0 Å². The SMILES string of the molecule is CS(=O)(=O)c1cccc(NC2CC(=O)NC2=O)c1. The summed E-state index contributed by atoms with van der Waals surface area (Å²) in [6.07, 6.45) is 1.17. The molecule has 0 aliphatic carbocycles. The molecule has 1 aromatic rings. The first kappa shape index (κ1) is 12.6. The van der Waals surface area contributed by atoms with Crippen molar-refractivity contribution in [3.05, 3.63) is 24.3 Å². The summed E-state index contributed by atoms with van der Waals surface area (Å²) in [7, 11) is -3.29. The Bertz CT molecular complexity index is 609. The fourth-order valence-corrected chi connectivity index (χ4v) is 2.35. The molecule has 1 unspecified atom stereocenters. The summed E-state index contributed by atoms with van der Waals surface area (Å²) in [6.45, 7) is 0. The van der Waals surface area contributed by atoms with Crippen LogP contribution in [0.3, 0.4) is 0 Å². The Morgan fingerprint density at radius 1 is 1.33 bits per heavy atom. The third kappa shape index (κ3) is 2.67. The van der Waals surface area contributed by atoms with E-state index in [0.29, 0.717) is 5.69 Å². The Labute approximate surface area is 104 Å². The number of carbonyl (C=O) groups is 2. The van der Waals surface area contributed by atoms with Gasteiger partial charge in [0.2, 0.25) is 11.8 Å². The van der Waals surface area contributed by atoms with Gasteiger partial charge < -0.3 is 5.32 Å². The van der Waals surface area contributed by atoms with Crippen LogP contribution < -0.4 is 10.6 Å². The summed E-state index contributed by atoms with van der Waals surface area (Å²) in [4.78, 5) is 22.5. The van der Waals surface area contributed by atoms with E-state index in [0.717, 1.165) is 6.26 Å². The van der Waals surface area contributed by atoms with Crippen LogP contribution in [0.1, 0.15) is 6.42 Å². The predicted molar refractivity (Wildman–Crippen MR) is 64.7 cm³/mol. The lowest BCUT2D eigenvalue weighted by molar-refractivity contribution is -0.124. The van der Waals surface area contributed by atoms with Gasteiger partial charge in [-0.15, -0.1) is 0 Å². The van der Waals surface area contributed by atoms with Gasteiger partial charge in [-0.05, 0) is 18.2 Å². The molecule has 1 aromatic carbocycles. The van der Waals surface area contributed by atoms with Crippen molar-refractivity contribution in [3.63, 3.8) is 0 Å². The zero-order valence-corrected chi connectivity index (χ0v) is 10.5. The van der Waals surface area contributed by atoms with Gasteiger partial charge in [-0.3, -0.25) is 14.9 Å². The number of amides is 2. The van der Waals surface area contributed by atoms with E-state index in [1.165, 1.54) is 12.1 Å². The van der Waals surface area contributed by atoms with Crippen molar-refractivity contribution in [1.29, 1.82) is 0 Å². The minimum atomic E-state index is -3.29. The minimum Gasteiger partial charge on any atom is -0.373 e. The highest BCUT2D eigenvalue weighted by molar-refractivity contribution is 7.90. The van der Waals surface area contributed by atoms with Crippen LogP contribution in [0.4, 0.5) is 5.69 Å². The van der Waals surface area contributed by atoms with Crippen LogP contribution in [0.2, 0.25) is 0 Å². The Morgan fingerprint density at radius 3 is 2.61 bits per heavy atom. The molecule has 2 amide bonds. The lowest BCUT2D eigenvalue weighted by Gasteiger charge is -2.11. The number of hydrogen-bond acceptors (Lipinski definition) is 5. The fraction of sp³-hybridized carbons (Fsp3) is 0.273. The first-order valence-corrected chi connectivity index (χ1v) is 7.16. The van der Waals surface area contributed by atoms with Crippen molar-refractivity contribution in [2.75, 3.05) is 11.6 Å². The zero-order chi connectivity index (χ0) is 13.3. The van der Waals surface area contributed by atoms with Crippen molar-refractivity contribution >= 4 is 27.3 Å². The fourth-order valence-electron chi connectivity index (χ4n) is 1.69. The molecule has 0 aromatic heterocycles. The number of rotatable bonds is 3. The number of hydrogen-bond donors (Lipinski definition) is 2. The van der Waals surface area contributed by atoms with E-state index in [2.05, 4.69) is 10.6 Å². The molecule has 96 valence electrons. The van der Waals surface area contributed by atoms with E-state index >= 15 is 0 Å². The first-order valence-electron chi connectivity index (χ1n) is 5.26. The molecule has 1 fully saturated rings. The van der Waals surface area contributed by atoms with Crippen LogP contribution in [0.5, 0.6) is 0 Å². The molecule has 1 saturated heterocycles. The van der Waals surface area contributed by atoms with Gasteiger partial charge in [0, 0.05) is 11.9 Å². The molecule has 0 radical (unpaired) electrons. The summed E-state index contributed by atoms with van der Waals surface area (Å²) >= 11 is 0. The highest BCUT2D eigenvalue weighted by atomic mass is 32.2. The maximum Gasteiger partial charge on any atom is 0.249 e. The van der Waals surface area contributed by atoms with Gasteiger partial charge in [0.1, 0.15) is 6.04 Å². The van der Waals surface area contributed by atoms with Crippen LogP contribution in [0, 0.1) is 0 Å². The summed E-state index contributed by atoms with van der Waals surface area (Å²) in [5.41, 5.74) is 0.493. The maximum atomic E-state index is 11.4. The number of sulfone groups is 1. The van der Waals surface area contributed by atoms with E-state index in [-0.39, 0.29) is 17.2 Å². The largest absolute Gasteiger partial charge is 0.373 e. The molecule has 7 heteroatoms. The molecular formula is C11H12N2O4S. The van der Waals surface area contributed by atoms with Gasteiger partial charge in [-0.25, -0.2) is 8.42 Å².